The molecule has 0 spiro atoms. The summed E-state index contributed by atoms with van der Waals surface area (Å²) in [7, 11) is 0. The molecular formula is C12H17N3. The van der Waals surface area contributed by atoms with E-state index in [9.17, 15) is 0 Å². The third-order valence-electron chi connectivity index (χ3n) is 2.75. The lowest BCUT2D eigenvalue weighted by Gasteiger charge is -2.06. The molecule has 0 aromatic carbocycles. The zero-order chi connectivity index (χ0) is 10.7. The lowest BCUT2D eigenvalue weighted by atomic mass is 10.0. The standard InChI is InChI=1S/C12H17N3/c1-9-6-10(4-5-14-9)2-3-11-7-12(13)15-8-11/h4-7,11,15H,2-3,8,13H2,1H3/t11-/m0/s1. The van der Waals surface area contributed by atoms with Crippen molar-refractivity contribution >= 4 is 0 Å². The Kier molecular flexibility index (Phi) is 2.90. The molecule has 3 nitrogen and oxygen atoms in total. The first-order valence-electron chi connectivity index (χ1n) is 5.37. The van der Waals surface area contributed by atoms with E-state index in [2.05, 4.69) is 28.5 Å². The lowest BCUT2D eigenvalue weighted by Crippen LogP contribution is -2.16. The average Bonchev–Trinajstić information content (AvgIpc) is 2.62. The molecule has 80 valence electrons. The summed E-state index contributed by atoms with van der Waals surface area (Å²) in [4.78, 5) is 4.19. The summed E-state index contributed by atoms with van der Waals surface area (Å²) >= 11 is 0. The zero-order valence-electron chi connectivity index (χ0n) is 9.03. The lowest BCUT2D eigenvalue weighted by molar-refractivity contribution is 0.596. The van der Waals surface area contributed by atoms with Crippen molar-refractivity contribution < 1.29 is 0 Å². The minimum Gasteiger partial charge on any atom is -0.386 e. The van der Waals surface area contributed by atoms with Crippen LogP contribution >= 0.6 is 0 Å². The Bertz CT molecular complexity index is 371. The number of aryl methyl sites for hydroxylation is 2. The molecule has 3 N–H and O–H groups in total. The number of nitrogens with zero attached hydrogens (tertiary/aromatic N) is 1. The second-order valence-corrected chi connectivity index (χ2v) is 4.11. The molecule has 0 aliphatic carbocycles. The van der Waals surface area contributed by atoms with Gasteiger partial charge in [0.15, 0.2) is 0 Å². The highest BCUT2D eigenvalue weighted by Gasteiger charge is 2.12. The van der Waals surface area contributed by atoms with Gasteiger partial charge in [0.05, 0.1) is 5.82 Å². The van der Waals surface area contributed by atoms with E-state index in [4.69, 9.17) is 5.73 Å². The van der Waals surface area contributed by atoms with Crippen LogP contribution in [0.3, 0.4) is 0 Å². The summed E-state index contributed by atoms with van der Waals surface area (Å²) in [5, 5.41) is 3.14. The van der Waals surface area contributed by atoms with E-state index >= 15 is 0 Å². The fourth-order valence-electron chi connectivity index (χ4n) is 1.92. The average molecular weight is 203 g/mol. The molecule has 0 bridgehead atoms. The fourth-order valence-corrected chi connectivity index (χ4v) is 1.92. The third kappa shape index (κ3) is 2.72. The number of rotatable bonds is 3. The van der Waals surface area contributed by atoms with Crippen LogP contribution in [0.25, 0.3) is 0 Å². The molecule has 1 aromatic heterocycles. The van der Waals surface area contributed by atoms with Gasteiger partial charge in [0, 0.05) is 18.4 Å². The van der Waals surface area contributed by atoms with Gasteiger partial charge in [0.2, 0.25) is 0 Å². The summed E-state index contributed by atoms with van der Waals surface area (Å²) in [6, 6.07) is 4.23. The first-order chi connectivity index (χ1) is 7.24. The van der Waals surface area contributed by atoms with Crippen LogP contribution in [-0.2, 0) is 6.42 Å². The Hall–Kier alpha value is -1.51. The predicted octanol–water partition coefficient (Wildman–Crippen LogP) is 1.34. The van der Waals surface area contributed by atoms with Crippen LogP contribution in [0.1, 0.15) is 17.7 Å². The molecule has 1 aromatic rings. The van der Waals surface area contributed by atoms with Gasteiger partial charge in [-0.3, -0.25) is 4.98 Å². The smallest absolute Gasteiger partial charge is 0.0922 e. The maximum absolute atomic E-state index is 5.66. The third-order valence-corrected chi connectivity index (χ3v) is 2.75. The van der Waals surface area contributed by atoms with Gasteiger partial charge in [0.1, 0.15) is 0 Å². The van der Waals surface area contributed by atoms with Crippen LogP contribution in [0, 0.1) is 12.8 Å². The summed E-state index contributed by atoms with van der Waals surface area (Å²) < 4.78 is 0. The Balaban J connectivity index is 1.88. The van der Waals surface area contributed by atoms with Crippen molar-refractivity contribution in [3.8, 4) is 0 Å². The van der Waals surface area contributed by atoms with Gasteiger partial charge in [-0.1, -0.05) is 0 Å². The van der Waals surface area contributed by atoms with Gasteiger partial charge in [-0.05, 0) is 49.5 Å². The van der Waals surface area contributed by atoms with Crippen LogP contribution < -0.4 is 11.1 Å². The maximum Gasteiger partial charge on any atom is 0.0922 e. The van der Waals surface area contributed by atoms with Gasteiger partial charge < -0.3 is 11.1 Å². The maximum atomic E-state index is 5.66. The van der Waals surface area contributed by atoms with E-state index in [-0.39, 0.29) is 0 Å². The summed E-state index contributed by atoms with van der Waals surface area (Å²) in [6.45, 7) is 3.01. The molecule has 0 saturated heterocycles. The van der Waals surface area contributed by atoms with Crippen molar-refractivity contribution in [3.05, 3.63) is 41.5 Å². The molecule has 2 rings (SSSR count). The van der Waals surface area contributed by atoms with Crippen molar-refractivity contribution in [1.29, 1.82) is 0 Å². The van der Waals surface area contributed by atoms with E-state index in [0.29, 0.717) is 5.92 Å². The number of hydrogen-bond acceptors (Lipinski definition) is 3. The molecule has 3 heteroatoms. The van der Waals surface area contributed by atoms with E-state index in [1.165, 1.54) is 5.56 Å². The molecule has 2 heterocycles. The van der Waals surface area contributed by atoms with Crippen molar-refractivity contribution in [2.24, 2.45) is 11.7 Å². The molecule has 0 radical (unpaired) electrons. The Morgan fingerprint density at radius 3 is 3.13 bits per heavy atom. The van der Waals surface area contributed by atoms with Gasteiger partial charge >= 0.3 is 0 Å². The molecule has 1 aliphatic rings. The highest BCUT2D eigenvalue weighted by atomic mass is 15.0. The quantitative estimate of drug-likeness (QED) is 0.779. The van der Waals surface area contributed by atoms with E-state index in [1.54, 1.807) is 0 Å². The molecule has 1 atom stereocenters. The van der Waals surface area contributed by atoms with E-state index in [1.807, 2.05) is 13.1 Å². The number of nitrogens with two attached hydrogens (primary N) is 1. The minimum atomic E-state index is 0.582. The summed E-state index contributed by atoms with van der Waals surface area (Å²) in [5.74, 6) is 1.41. The summed E-state index contributed by atoms with van der Waals surface area (Å²) in [5.41, 5.74) is 8.11. The SMILES string of the molecule is Cc1cc(CC[C@H]2C=C(N)NC2)ccn1. The van der Waals surface area contributed by atoms with Crippen LogP contribution in [0.15, 0.2) is 30.2 Å². The van der Waals surface area contributed by atoms with Crippen LogP contribution in [-0.4, -0.2) is 11.5 Å². The van der Waals surface area contributed by atoms with Crippen LogP contribution in [0.2, 0.25) is 0 Å². The number of hydrogen-bond donors (Lipinski definition) is 2. The van der Waals surface area contributed by atoms with Gasteiger partial charge in [-0.2, -0.15) is 0 Å². The number of pyridine rings is 1. The minimum absolute atomic E-state index is 0.582. The monoisotopic (exact) mass is 203 g/mol. The molecule has 0 fully saturated rings. The molecular weight excluding hydrogens is 186 g/mol. The van der Waals surface area contributed by atoms with Gasteiger partial charge in [-0.25, -0.2) is 0 Å². The topological polar surface area (TPSA) is 50.9 Å². The normalized spacial score (nSPS) is 19.8. The van der Waals surface area contributed by atoms with E-state index in [0.717, 1.165) is 30.9 Å². The molecule has 0 saturated carbocycles. The van der Waals surface area contributed by atoms with Crippen LogP contribution in [0.4, 0.5) is 0 Å². The molecule has 15 heavy (non-hydrogen) atoms. The fraction of sp³-hybridized carbons (Fsp3) is 0.417. The summed E-state index contributed by atoms with van der Waals surface area (Å²) in [6.07, 6.45) is 6.24. The second kappa shape index (κ2) is 4.34. The van der Waals surface area contributed by atoms with Crippen molar-refractivity contribution in [3.63, 3.8) is 0 Å². The largest absolute Gasteiger partial charge is 0.386 e. The Morgan fingerprint density at radius 2 is 2.47 bits per heavy atom. The van der Waals surface area contributed by atoms with Crippen LogP contribution in [0.5, 0.6) is 0 Å². The van der Waals surface area contributed by atoms with Crippen molar-refractivity contribution in [2.45, 2.75) is 19.8 Å². The van der Waals surface area contributed by atoms with Crippen molar-refractivity contribution in [2.75, 3.05) is 6.54 Å². The Labute approximate surface area is 90.4 Å². The number of aromatic nitrogens is 1. The van der Waals surface area contributed by atoms with E-state index < -0.39 is 0 Å². The molecule has 0 amide bonds. The van der Waals surface area contributed by atoms with Crippen molar-refractivity contribution in [1.82, 2.24) is 10.3 Å². The number of nitrogens with one attached hydrogen (secondary N) is 1. The highest BCUT2D eigenvalue weighted by Crippen LogP contribution is 2.15. The Morgan fingerprint density at radius 1 is 1.60 bits per heavy atom. The highest BCUT2D eigenvalue weighted by molar-refractivity contribution is 5.16. The molecule has 1 aliphatic heterocycles. The van der Waals surface area contributed by atoms with Gasteiger partial charge in [-0.15, -0.1) is 0 Å². The molecule has 0 unspecified atom stereocenters. The first-order valence-corrected chi connectivity index (χ1v) is 5.37. The second-order valence-electron chi connectivity index (χ2n) is 4.11. The predicted molar refractivity (Wildman–Crippen MR) is 61.1 cm³/mol. The van der Waals surface area contributed by atoms with Gasteiger partial charge in [0.25, 0.3) is 0 Å². The zero-order valence-corrected chi connectivity index (χ0v) is 9.03. The first kappa shape index (κ1) is 10.0.